The first-order valence-electron chi connectivity index (χ1n) is 7.47. The fourth-order valence-electron chi connectivity index (χ4n) is 4.09. The molecular formula is C15H25N3O. The molecule has 3 atom stereocenters. The molecule has 0 radical (unpaired) electrons. The van der Waals surface area contributed by atoms with Crippen molar-refractivity contribution < 1.29 is 4.52 Å². The largest absolute Gasteiger partial charge is 0.361 e. The standard InChI is InChI=1S/C15H25N3O/c1-9(15-10(2)17-19-11(15)3)16-12-7-13-5-6-14(8-12)18(13)4/h9,12-14,16H,5-8H2,1-4H3. The third kappa shape index (κ3) is 2.32. The Morgan fingerprint density at radius 2 is 1.89 bits per heavy atom. The minimum atomic E-state index is 0.332. The minimum absolute atomic E-state index is 0.332. The van der Waals surface area contributed by atoms with Crippen molar-refractivity contribution in [1.82, 2.24) is 15.4 Å². The molecule has 19 heavy (non-hydrogen) atoms. The average Bonchev–Trinajstić information content (AvgIpc) is 2.77. The number of rotatable bonds is 3. The van der Waals surface area contributed by atoms with Gasteiger partial charge in [0, 0.05) is 29.7 Å². The molecule has 4 heteroatoms. The van der Waals surface area contributed by atoms with E-state index in [1.165, 1.54) is 31.2 Å². The zero-order valence-electron chi connectivity index (χ0n) is 12.4. The summed E-state index contributed by atoms with van der Waals surface area (Å²) in [5.74, 6) is 0.952. The Morgan fingerprint density at radius 3 is 2.42 bits per heavy atom. The summed E-state index contributed by atoms with van der Waals surface area (Å²) in [5, 5.41) is 7.86. The maximum atomic E-state index is 5.28. The summed E-state index contributed by atoms with van der Waals surface area (Å²) in [4.78, 5) is 2.58. The first-order valence-corrected chi connectivity index (χ1v) is 7.47. The van der Waals surface area contributed by atoms with Crippen LogP contribution in [0, 0.1) is 13.8 Å². The molecule has 0 amide bonds. The second-order valence-electron chi connectivity index (χ2n) is 6.34. The predicted octanol–water partition coefficient (Wildman–Crippen LogP) is 2.57. The summed E-state index contributed by atoms with van der Waals surface area (Å²) in [6.45, 7) is 6.26. The molecule has 106 valence electrons. The van der Waals surface area contributed by atoms with E-state index in [0.717, 1.165) is 23.5 Å². The summed E-state index contributed by atoms with van der Waals surface area (Å²) in [7, 11) is 2.29. The second-order valence-corrected chi connectivity index (χ2v) is 6.34. The minimum Gasteiger partial charge on any atom is -0.361 e. The molecule has 2 fully saturated rings. The van der Waals surface area contributed by atoms with E-state index in [2.05, 4.69) is 29.3 Å². The van der Waals surface area contributed by atoms with Crippen molar-refractivity contribution in [3.63, 3.8) is 0 Å². The van der Waals surface area contributed by atoms with Crippen LogP contribution in [0.5, 0.6) is 0 Å². The number of piperidine rings is 1. The van der Waals surface area contributed by atoms with E-state index in [0.29, 0.717) is 12.1 Å². The lowest BCUT2D eigenvalue weighted by atomic mass is 9.96. The smallest absolute Gasteiger partial charge is 0.138 e. The van der Waals surface area contributed by atoms with Gasteiger partial charge in [-0.1, -0.05) is 5.16 Å². The summed E-state index contributed by atoms with van der Waals surface area (Å²) in [6, 6.07) is 2.54. The van der Waals surface area contributed by atoms with E-state index in [-0.39, 0.29) is 0 Å². The summed E-state index contributed by atoms with van der Waals surface area (Å²) >= 11 is 0. The Bertz CT molecular complexity index is 423. The van der Waals surface area contributed by atoms with E-state index in [1.54, 1.807) is 0 Å². The van der Waals surface area contributed by atoms with Crippen molar-refractivity contribution >= 4 is 0 Å². The number of fused-ring (bicyclic) bond motifs is 2. The Morgan fingerprint density at radius 1 is 1.26 bits per heavy atom. The molecule has 1 N–H and O–H groups in total. The Hall–Kier alpha value is -0.870. The van der Waals surface area contributed by atoms with Gasteiger partial charge >= 0.3 is 0 Å². The van der Waals surface area contributed by atoms with Gasteiger partial charge in [0.15, 0.2) is 0 Å². The van der Waals surface area contributed by atoms with Crippen molar-refractivity contribution in [2.45, 2.75) is 70.6 Å². The molecule has 4 nitrogen and oxygen atoms in total. The van der Waals surface area contributed by atoms with Gasteiger partial charge in [0.25, 0.3) is 0 Å². The number of hydrogen-bond acceptors (Lipinski definition) is 4. The van der Waals surface area contributed by atoms with Gasteiger partial charge in [-0.2, -0.15) is 0 Å². The molecule has 0 aromatic carbocycles. The lowest BCUT2D eigenvalue weighted by Crippen LogP contribution is -2.47. The van der Waals surface area contributed by atoms with Gasteiger partial charge in [0.05, 0.1) is 5.69 Å². The molecule has 2 aliphatic heterocycles. The first-order chi connectivity index (χ1) is 9.06. The molecule has 2 bridgehead atoms. The maximum Gasteiger partial charge on any atom is 0.138 e. The fourth-order valence-corrected chi connectivity index (χ4v) is 4.09. The number of nitrogens with one attached hydrogen (secondary N) is 1. The fraction of sp³-hybridized carbons (Fsp3) is 0.800. The van der Waals surface area contributed by atoms with Crippen LogP contribution in [-0.4, -0.2) is 35.2 Å². The van der Waals surface area contributed by atoms with Crippen molar-refractivity contribution in [3.05, 3.63) is 17.0 Å². The molecule has 1 aromatic rings. The number of hydrogen-bond donors (Lipinski definition) is 1. The van der Waals surface area contributed by atoms with Crippen molar-refractivity contribution in [2.24, 2.45) is 0 Å². The first kappa shape index (κ1) is 13.1. The molecule has 2 saturated heterocycles. The Balaban J connectivity index is 1.66. The van der Waals surface area contributed by atoms with Crippen molar-refractivity contribution in [2.75, 3.05) is 7.05 Å². The highest BCUT2D eigenvalue weighted by Crippen LogP contribution is 2.35. The SMILES string of the molecule is Cc1noc(C)c1C(C)NC1CC2CCC(C1)N2C. The highest BCUT2D eigenvalue weighted by molar-refractivity contribution is 5.24. The summed E-state index contributed by atoms with van der Waals surface area (Å²) in [5.41, 5.74) is 2.26. The molecule has 0 saturated carbocycles. The van der Waals surface area contributed by atoms with Crippen molar-refractivity contribution in [1.29, 1.82) is 0 Å². The predicted molar refractivity (Wildman–Crippen MR) is 75.1 cm³/mol. The van der Waals surface area contributed by atoms with E-state index >= 15 is 0 Å². The summed E-state index contributed by atoms with van der Waals surface area (Å²) < 4.78 is 5.28. The van der Waals surface area contributed by atoms with Gasteiger partial charge in [0.1, 0.15) is 5.76 Å². The number of aromatic nitrogens is 1. The van der Waals surface area contributed by atoms with Crippen LogP contribution >= 0.6 is 0 Å². The van der Waals surface area contributed by atoms with Crippen LogP contribution in [0.2, 0.25) is 0 Å². The normalized spacial score (nSPS) is 32.7. The quantitative estimate of drug-likeness (QED) is 0.910. The van der Waals surface area contributed by atoms with Gasteiger partial charge in [-0.25, -0.2) is 0 Å². The molecule has 3 rings (SSSR count). The lowest BCUT2D eigenvalue weighted by Gasteiger charge is -2.37. The van der Waals surface area contributed by atoms with Gasteiger partial charge in [-0.05, 0) is 53.5 Å². The average molecular weight is 263 g/mol. The zero-order chi connectivity index (χ0) is 13.6. The third-order valence-corrected chi connectivity index (χ3v) is 5.11. The van der Waals surface area contributed by atoms with Gasteiger partial charge in [-0.3, -0.25) is 0 Å². The molecular weight excluding hydrogens is 238 g/mol. The van der Waals surface area contributed by atoms with E-state index in [1.807, 2.05) is 13.8 Å². The second kappa shape index (κ2) is 4.91. The highest BCUT2D eigenvalue weighted by atomic mass is 16.5. The van der Waals surface area contributed by atoms with Crippen LogP contribution in [0.15, 0.2) is 4.52 Å². The molecule has 1 aromatic heterocycles. The Labute approximate surface area is 115 Å². The highest BCUT2D eigenvalue weighted by Gasteiger charge is 2.38. The van der Waals surface area contributed by atoms with Crippen LogP contribution in [0.4, 0.5) is 0 Å². The topological polar surface area (TPSA) is 41.3 Å². The monoisotopic (exact) mass is 263 g/mol. The molecule has 0 aliphatic carbocycles. The van der Waals surface area contributed by atoms with Crippen LogP contribution in [0.25, 0.3) is 0 Å². The van der Waals surface area contributed by atoms with Crippen LogP contribution < -0.4 is 5.32 Å². The molecule has 3 unspecified atom stereocenters. The zero-order valence-corrected chi connectivity index (χ0v) is 12.4. The van der Waals surface area contributed by atoms with Gasteiger partial charge in [-0.15, -0.1) is 0 Å². The van der Waals surface area contributed by atoms with Crippen LogP contribution in [0.3, 0.4) is 0 Å². The van der Waals surface area contributed by atoms with E-state index in [4.69, 9.17) is 4.52 Å². The van der Waals surface area contributed by atoms with E-state index < -0.39 is 0 Å². The van der Waals surface area contributed by atoms with Gasteiger partial charge < -0.3 is 14.7 Å². The van der Waals surface area contributed by atoms with Crippen LogP contribution in [-0.2, 0) is 0 Å². The lowest BCUT2D eigenvalue weighted by molar-refractivity contribution is 0.144. The van der Waals surface area contributed by atoms with Gasteiger partial charge in [0.2, 0.25) is 0 Å². The number of aryl methyl sites for hydroxylation is 2. The molecule has 0 spiro atoms. The summed E-state index contributed by atoms with van der Waals surface area (Å²) in [6.07, 6.45) is 5.31. The molecule has 2 aliphatic rings. The van der Waals surface area contributed by atoms with Crippen LogP contribution in [0.1, 0.15) is 55.7 Å². The van der Waals surface area contributed by atoms with E-state index in [9.17, 15) is 0 Å². The van der Waals surface area contributed by atoms with Crippen molar-refractivity contribution in [3.8, 4) is 0 Å². The maximum absolute atomic E-state index is 5.28. The molecule has 3 heterocycles. The third-order valence-electron chi connectivity index (χ3n) is 5.11. The Kier molecular flexibility index (Phi) is 3.39. The number of nitrogens with zero attached hydrogens (tertiary/aromatic N) is 2.